The lowest BCUT2D eigenvalue weighted by Gasteiger charge is -2.28. The van der Waals surface area contributed by atoms with Gasteiger partial charge in [-0.15, -0.1) is 0 Å². The van der Waals surface area contributed by atoms with Crippen molar-refractivity contribution in [1.82, 2.24) is 4.90 Å². The first-order valence-corrected chi connectivity index (χ1v) is 8.80. The fraction of sp³-hybridized carbons (Fsp3) is 0.333. The molecule has 1 heterocycles. The topological polar surface area (TPSA) is 49.4 Å². The fourth-order valence-corrected chi connectivity index (χ4v) is 3.26. The van der Waals surface area contributed by atoms with Crippen LogP contribution in [0.4, 0.5) is 5.69 Å². The van der Waals surface area contributed by atoms with E-state index in [1.165, 1.54) is 0 Å². The van der Waals surface area contributed by atoms with Crippen LogP contribution in [0.2, 0.25) is 0 Å². The number of amides is 1. The number of hydrogen-bond acceptors (Lipinski definition) is 3. The average Bonchev–Trinajstić information content (AvgIpc) is 2.64. The minimum atomic E-state index is -0.0733. The third-order valence-corrected chi connectivity index (χ3v) is 4.79. The van der Waals surface area contributed by atoms with Crippen molar-refractivity contribution < 1.29 is 9.59 Å². The highest BCUT2D eigenvalue weighted by Gasteiger charge is 2.21. The van der Waals surface area contributed by atoms with Crippen LogP contribution in [0.1, 0.15) is 35.2 Å². The van der Waals surface area contributed by atoms with Crippen molar-refractivity contribution in [1.29, 1.82) is 0 Å². The number of carbonyl (C=O) groups excluding carboxylic acids is 2. The zero-order chi connectivity index (χ0) is 17.6. The van der Waals surface area contributed by atoms with E-state index in [1.54, 1.807) is 24.3 Å². The number of benzene rings is 2. The van der Waals surface area contributed by atoms with Gasteiger partial charge >= 0.3 is 0 Å². The minimum Gasteiger partial charge on any atom is -0.325 e. The molecular weight excluding hydrogens is 312 g/mol. The molecule has 1 saturated heterocycles. The van der Waals surface area contributed by atoms with E-state index in [0.717, 1.165) is 25.9 Å². The predicted molar refractivity (Wildman–Crippen MR) is 99.8 cm³/mol. The van der Waals surface area contributed by atoms with Gasteiger partial charge in [-0.05, 0) is 51.0 Å². The van der Waals surface area contributed by atoms with E-state index < -0.39 is 0 Å². The zero-order valence-corrected chi connectivity index (χ0v) is 14.6. The summed E-state index contributed by atoms with van der Waals surface area (Å²) >= 11 is 0. The van der Waals surface area contributed by atoms with Crippen LogP contribution < -0.4 is 5.32 Å². The van der Waals surface area contributed by atoms with E-state index in [2.05, 4.69) is 17.3 Å². The Morgan fingerprint density at radius 3 is 2.36 bits per heavy atom. The lowest BCUT2D eigenvalue weighted by atomic mass is 9.93. The average molecular weight is 336 g/mol. The molecule has 1 aliphatic heterocycles. The Labute approximate surface area is 148 Å². The van der Waals surface area contributed by atoms with Gasteiger partial charge in [-0.2, -0.15) is 0 Å². The third kappa shape index (κ3) is 4.54. The quantitative estimate of drug-likeness (QED) is 0.849. The molecular formula is C21H24N2O2. The highest BCUT2D eigenvalue weighted by Crippen LogP contribution is 2.23. The molecule has 4 heteroatoms. The molecule has 4 nitrogen and oxygen atoms in total. The number of nitrogens with one attached hydrogen (secondary N) is 1. The fourth-order valence-electron chi connectivity index (χ4n) is 3.26. The summed E-state index contributed by atoms with van der Waals surface area (Å²) in [7, 11) is 2.11. The van der Waals surface area contributed by atoms with Crippen LogP contribution in [-0.2, 0) is 4.79 Å². The van der Waals surface area contributed by atoms with Crippen molar-refractivity contribution in [2.24, 2.45) is 5.92 Å². The molecule has 3 rings (SSSR count). The van der Waals surface area contributed by atoms with Gasteiger partial charge in [0.25, 0.3) is 0 Å². The van der Waals surface area contributed by atoms with Crippen LogP contribution in [0.3, 0.4) is 0 Å². The molecule has 0 spiro atoms. The molecule has 130 valence electrons. The summed E-state index contributed by atoms with van der Waals surface area (Å²) in [5, 5.41) is 2.95. The summed E-state index contributed by atoms with van der Waals surface area (Å²) in [5.74, 6) is 0.340. The van der Waals surface area contributed by atoms with E-state index in [9.17, 15) is 9.59 Å². The molecule has 0 aliphatic carbocycles. The van der Waals surface area contributed by atoms with Crippen LogP contribution in [0.5, 0.6) is 0 Å². The Hall–Kier alpha value is -2.46. The second-order valence-electron chi connectivity index (χ2n) is 6.74. The first-order chi connectivity index (χ1) is 12.1. The Morgan fingerprint density at radius 1 is 1.00 bits per heavy atom. The number of nitrogens with zero attached hydrogens (tertiary/aromatic N) is 1. The summed E-state index contributed by atoms with van der Waals surface area (Å²) < 4.78 is 0. The van der Waals surface area contributed by atoms with Gasteiger partial charge in [0.1, 0.15) is 0 Å². The Bertz CT molecular complexity index is 735. The number of rotatable bonds is 5. The normalized spacial score (nSPS) is 15.7. The standard InChI is InChI=1S/C21H24N2O2/c1-23-13-11-16(12-14-23)15-20(24)22-19-10-6-5-9-18(19)21(25)17-7-3-2-4-8-17/h2-10,16H,11-15H2,1H3,(H,22,24). The zero-order valence-electron chi connectivity index (χ0n) is 14.6. The van der Waals surface area contributed by atoms with Crippen LogP contribution in [0.25, 0.3) is 0 Å². The maximum Gasteiger partial charge on any atom is 0.224 e. The number of para-hydroxylation sites is 1. The molecule has 0 atom stereocenters. The van der Waals surface area contributed by atoms with E-state index >= 15 is 0 Å². The lowest BCUT2D eigenvalue weighted by molar-refractivity contribution is -0.117. The van der Waals surface area contributed by atoms with E-state index in [4.69, 9.17) is 0 Å². The molecule has 1 amide bonds. The van der Waals surface area contributed by atoms with Gasteiger partial charge in [0.2, 0.25) is 5.91 Å². The molecule has 2 aromatic carbocycles. The van der Waals surface area contributed by atoms with Crippen molar-refractivity contribution in [3.8, 4) is 0 Å². The van der Waals surface area contributed by atoms with Gasteiger partial charge < -0.3 is 10.2 Å². The summed E-state index contributed by atoms with van der Waals surface area (Å²) in [6, 6.07) is 16.4. The molecule has 0 saturated carbocycles. The number of anilines is 1. The molecule has 1 N–H and O–H groups in total. The van der Waals surface area contributed by atoms with E-state index in [-0.39, 0.29) is 11.7 Å². The summed E-state index contributed by atoms with van der Waals surface area (Å²) in [6.45, 7) is 2.09. The highest BCUT2D eigenvalue weighted by atomic mass is 16.1. The summed E-state index contributed by atoms with van der Waals surface area (Å²) in [6.07, 6.45) is 2.62. The predicted octanol–water partition coefficient (Wildman–Crippen LogP) is 3.59. The molecule has 0 radical (unpaired) electrons. The first kappa shape index (κ1) is 17.4. The van der Waals surface area contributed by atoms with Crippen molar-refractivity contribution in [2.75, 3.05) is 25.5 Å². The van der Waals surface area contributed by atoms with Crippen LogP contribution in [-0.4, -0.2) is 36.7 Å². The summed E-state index contributed by atoms with van der Waals surface area (Å²) in [4.78, 5) is 27.4. The van der Waals surface area contributed by atoms with Gasteiger partial charge in [-0.25, -0.2) is 0 Å². The molecule has 0 unspecified atom stereocenters. The monoisotopic (exact) mass is 336 g/mol. The Balaban J connectivity index is 1.68. The van der Waals surface area contributed by atoms with E-state index in [0.29, 0.717) is 29.2 Å². The maximum absolute atomic E-state index is 12.7. The maximum atomic E-state index is 12.7. The lowest BCUT2D eigenvalue weighted by Crippen LogP contribution is -2.32. The third-order valence-electron chi connectivity index (χ3n) is 4.79. The van der Waals surface area contributed by atoms with Crippen LogP contribution >= 0.6 is 0 Å². The number of hydrogen-bond donors (Lipinski definition) is 1. The largest absolute Gasteiger partial charge is 0.325 e. The number of carbonyl (C=O) groups is 2. The van der Waals surface area contributed by atoms with Crippen molar-refractivity contribution >= 4 is 17.4 Å². The van der Waals surface area contributed by atoms with Gasteiger partial charge in [0.05, 0.1) is 5.69 Å². The molecule has 1 aliphatic rings. The van der Waals surface area contributed by atoms with Crippen molar-refractivity contribution in [2.45, 2.75) is 19.3 Å². The molecule has 0 bridgehead atoms. The van der Waals surface area contributed by atoms with Crippen molar-refractivity contribution in [3.63, 3.8) is 0 Å². The number of ketones is 1. The highest BCUT2D eigenvalue weighted by molar-refractivity contribution is 6.13. The second kappa shape index (κ2) is 8.08. The Morgan fingerprint density at radius 2 is 1.64 bits per heavy atom. The summed E-state index contributed by atoms with van der Waals surface area (Å²) in [5.41, 5.74) is 1.75. The minimum absolute atomic E-state index is 0.0112. The molecule has 0 aromatic heterocycles. The van der Waals surface area contributed by atoms with Crippen molar-refractivity contribution in [3.05, 3.63) is 65.7 Å². The van der Waals surface area contributed by atoms with Gasteiger partial charge in [-0.3, -0.25) is 9.59 Å². The number of piperidine rings is 1. The molecule has 2 aromatic rings. The van der Waals surface area contributed by atoms with Gasteiger partial charge in [0.15, 0.2) is 5.78 Å². The SMILES string of the molecule is CN1CCC(CC(=O)Nc2ccccc2C(=O)c2ccccc2)CC1. The first-order valence-electron chi connectivity index (χ1n) is 8.80. The smallest absolute Gasteiger partial charge is 0.224 e. The Kier molecular flexibility index (Phi) is 5.61. The molecule has 25 heavy (non-hydrogen) atoms. The van der Waals surface area contributed by atoms with Gasteiger partial charge in [-0.1, -0.05) is 42.5 Å². The van der Waals surface area contributed by atoms with E-state index in [1.807, 2.05) is 30.3 Å². The van der Waals surface area contributed by atoms with Gasteiger partial charge in [0, 0.05) is 17.5 Å². The second-order valence-corrected chi connectivity index (χ2v) is 6.74. The number of likely N-dealkylation sites (tertiary alicyclic amines) is 1. The molecule has 1 fully saturated rings. The van der Waals surface area contributed by atoms with Crippen LogP contribution in [0, 0.1) is 5.92 Å². The van der Waals surface area contributed by atoms with Crippen LogP contribution in [0.15, 0.2) is 54.6 Å².